The maximum absolute atomic E-state index is 13.4. The number of rotatable bonds is 3. The van der Waals surface area contributed by atoms with Crippen LogP contribution in [0.25, 0.3) is 55.0 Å². The van der Waals surface area contributed by atoms with Gasteiger partial charge in [-0.2, -0.15) is 5.26 Å². The van der Waals surface area contributed by atoms with Gasteiger partial charge in [-0.1, -0.05) is 66.7 Å². The summed E-state index contributed by atoms with van der Waals surface area (Å²) in [6.45, 7) is 0. The van der Waals surface area contributed by atoms with Gasteiger partial charge in [-0.05, 0) is 66.7 Å². The molecule has 6 aromatic carbocycles. The molecule has 0 aliphatic carbocycles. The van der Waals surface area contributed by atoms with E-state index < -0.39 is 0 Å². The Morgan fingerprint density at radius 3 is 1.67 bits per heavy atom. The number of para-hydroxylation sites is 3. The monoisotopic (exact) mass is 578 g/mol. The van der Waals surface area contributed by atoms with Crippen LogP contribution in [0.15, 0.2) is 133 Å². The molecule has 0 bridgehead atoms. The van der Waals surface area contributed by atoms with Crippen molar-refractivity contribution in [2.45, 2.75) is 0 Å². The van der Waals surface area contributed by atoms with Gasteiger partial charge in [0.2, 0.25) is 0 Å². The Balaban J connectivity index is 1.36. The first-order valence-electron chi connectivity index (χ1n) is 14.7. The van der Waals surface area contributed by atoms with Gasteiger partial charge in [0.1, 0.15) is 6.07 Å². The summed E-state index contributed by atoms with van der Waals surface area (Å²) < 4.78 is 4.35. The van der Waals surface area contributed by atoms with E-state index in [1.807, 2.05) is 36.4 Å². The van der Waals surface area contributed by atoms with Crippen molar-refractivity contribution in [3.05, 3.63) is 150 Å². The number of hydrogen-bond donors (Lipinski definition) is 0. The van der Waals surface area contributed by atoms with Gasteiger partial charge in [-0.25, -0.2) is 4.90 Å². The number of amides is 2. The van der Waals surface area contributed by atoms with Gasteiger partial charge in [0.05, 0.1) is 50.1 Å². The van der Waals surface area contributed by atoms with Crippen LogP contribution in [0.4, 0.5) is 5.69 Å². The summed E-state index contributed by atoms with van der Waals surface area (Å²) in [7, 11) is 0. The van der Waals surface area contributed by atoms with Gasteiger partial charge >= 0.3 is 0 Å². The number of benzene rings is 6. The van der Waals surface area contributed by atoms with Crippen LogP contribution < -0.4 is 4.90 Å². The zero-order valence-electron chi connectivity index (χ0n) is 23.8. The Hall–Kier alpha value is -6.45. The molecule has 6 nitrogen and oxygen atoms in total. The Morgan fingerprint density at radius 1 is 0.467 bits per heavy atom. The lowest BCUT2D eigenvalue weighted by molar-refractivity contribution is 0.0926. The second-order valence-corrected chi connectivity index (χ2v) is 11.2. The van der Waals surface area contributed by atoms with E-state index in [4.69, 9.17) is 0 Å². The average molecular weight is 579 g/mol. The molecule has 0 atom stereocenters. The van der Waals surface area contributed by atoms with Gasteiger partial charge in [-0.15, -0.1) is 0 Å². The number of carbonyl (C=O) groups excluding carboxylic acids is 2. The lowest BCUT2D eigenvalue weighted by Gasteiger charge is -2.17. The molecule has 0 spiro atoms. The highest BCUT2D eigenvalue weighted by atomic mass is 16.2. The van der Waals surface area contributed by atoms with E-state index in [1.54, 1.807) is 42.5 Å². The van der Waals surface area contributed by atoms with Gasteiger partial charge < -0.3 is 9.13 Å². The topological polar surface area (TPSA) is 71.0 Å². The minimum atomic E-state index is -0.373. The zero-order chi connectivity index (χ0) is 30.2. The van der Waals surface area contributed by atoms with Crippen LogP contribution in [0.2, 0.25) is 0 Å². The van der Waals surface area contributed by atoms with E-state index in [9.17, 15) is 14.9 Å². The molecule has 0 N–H and O–H groups in total. The first-order valence-corrected chi connectivity index (χ1v) is 14.7. The molecule has 210 valence electrons. The summed E-state index contributed by atoms with van der Waals surface area (Å²) in [5.74, 6) is -0.745. The quantitative estimate of drug-likeness (QED) is 0.197. The predicted molar refractivity (Wildman–Crippen MR) is 177 cm³/mol. The van der Waals surface area contributed by atoms with Crippen LogP contribution in [-0.4, -0.2) is 20.9 Å². The fourth-order valence-corrected chi connectivity index (χ4v) is 6.91. The number of anilines is 1. The fourth-order valence-electron chi connectivity index (χ4n) is 6.91. The second-order valence-electron chi connectivity index (χ2n) is 11.2. The molecule has 6 heteroatoms. The molecule has 45 heavy (non-hydrogen) atoms. The third kappa shape index (κ3) is 3.43. The first-order chi connectivity index (χ1) is 22.1. The summed E-state index contributed by atoms with van der Waals surface area (Å²) in [5.41, 5.74) is 7.23. The molecule has 1 aliphatic heterocycles. The zero-order valence-corrected chi connectivity index (χ0v) is 23.8. The van der Waals surface area contributed by atoms with Gasteiger partial charge in [0, 0.05) is 27.2 Å². The van der Waals surface area contributed by atoms with Crippen LogP contribution in [-0.2, 0) is 0 Å². The van der Waals surface area contributed by atoms with Crippen LogP contribution in [0.1, 0.15) is 26.3 Å². The maximum atomic E-state index is 13.4. The fraction of sp³-hybridized carbons (Fsp3) is 0. The Kier molecular flexibility index (Phi) is 5.17. The van der Waals surface area contributed by atoms with Crippen molar-refractivity contribution in [1.29, 1.82) is 5.26 Å². The summed E-state index contributed by atoms with van der Waals surface area (Å²) >= 11 is 0. The lowest BCUT2D eigenvalue weighted by Crippen LogP contribution is -2.29. The Morgan fingerprint density at radius 2 is 1.02 bits per heavy atom. The van der Waals surface area contributed by atoms with Crippen LogP contribution in [0.3, 0.4) is 0 Å². The smallest absolute Gasteiger partial charge is 0.266 e. The molecule has 2 amide bonds. The van der Waals surface area contributed by atoms with Crippen molar-refractivity contribution in [1.82, 2.24) is 9.13 Å². The van der Waals surface area contributed by atoms with E-state index in [1.165, 1.54) is 4.90 Å². The summed E-state index contributed by atoms with van der Waals surface area (Å²) in [6, 6.07) is 45.6. The number of fused-ring (bicyclic) bond motifs is 7. The molecule has 0 saturated carbocycles. The van der Waals surface area contributed by atoms with Crippen molar-refractivity contribution in [2.75, 3.05) is 4.90 Å². The van der Waals surface area contributed by atoms with Crippen LogP contribution >= 0.6 is 0 Å². The van der Waals surface area contributed by atoms with Crippen molar-refractivity contribution in [2.24, 2.45) is 0 Å². The third-order valence-corrected chi connectivity index (χ3v) is 8.88. The average Bonchev–Trinajstić information content (AvgIpc) is 3.68. The minimum absolute atomic E-state index is 0.373. The molecule has 3 heterocycles. The Bertz CT molecular complexity index is 2570. The van der Waals surface area contributed by atoms with E-state index in [0.717, 1.165) is 49.3 Å². The number of aromatic nitrogens is 2. The Labute approximate surface area is 257 Å². The highest BCUT2D eigenvalue weighted by molar-refractivity contribution is 6.34. The molecule has 1 aliphatic rings. The van der Waals surface area contributed by atoms with E-state index in [2.05, 4.69) is 69.8 Å². The summed E-state index contributed by atoms with van der Waals surface area (Å²) in [5, 5.41) is 14.7. The molecule has 0 saturated heterocycles. The highest BCUT2D eigenvalue weighted by Crippen LogP contribution is 2.41. The molecular formula is C39H22N4O2. The van der Waals surface area contributed by atoms with Crippen molar-refractivity contribution in [3.8, 4) is 17.4 Å². The standard InChI is InChI=1S/C39H22N4O2/c40-23-24-18-19-26(42-38(44)29-14-4-5-15-30(29)39(42)45)20-35(24)43-34-17-9-7-13-28(34)32-21-31-27-12-6-8-16-33(27)41(36(31)22-37(32)43)25-10-2-1-3-11-25/h1-22H. The highest BCUT2D eigenvalue weighted by Gasteiger charge is 2.36. The predicted octanol–water partition coefficient (Wildman–Crippen LogP) is 8.55. The van der Waals surface area contributed by atoms with E-state index in [-0.39, 0.29) is 11.8 Å². The normalized spacial score (nSPS) is 12.9. The number of imide groups is 1. The second kappa shape index (κ2) is 9.27. The van der Waals surface area contributed by atoms with Crippen LogP contribution in [0, 0.1) is 11.3 Å². The molecule has 0 fully saturated rings. The third-order valence-electron chi connectivity index (χ3n) is 8.88. The first kappa shape index (κ1) is 25.1. The van der Waals surface area contributed by atoms with E-state index in [0.29, 0.717) is 28.1 Å². The summed E-state index contributed by atoms with van der Waals surface area (Å²) in [6.07, 6.45) is 0. The van der Waals surface area contributed by atoms with Gasteiger partial charge in [0.15, 0.2) is 0 Å². The SMILES string of the molecule is N#Cc1ccc(N2C(=O)c3ccccc3C2=O)cc1-n1c2ccccc2c2cc3c4ccccc4n(-c4ccccc4)c3cc21. The molecule has 0 radical (unpaired) electrons. The maximum Gasteiger partial charge on any atom is 0.266 e. The molecule has 9 rings (SSSR count). The molecule has 0 unspecified atom stereocenters. The number of nitrogens with zero attached hydrogens (tertiary/aromatic N) is 4. The van der Waals surface area contributed by atoms with E-state index >= 15 is 0 Å². The summed E-state index contributed by atoms with van der Waals surface area (Å²) in [4.78, 5) is 28.0. The molecular weight excluding hydrogens is 556 g/mol. The molecule has 2 aromatic heterocycles. The van der Waals surface area contributed by atoms with Crippen molar-refractivity contribution >= 4 is 61.1 Å². The number of carbonyl (C=O) groups is 2. The van der Waals surface area contributed by atoms with Crippen molar-refractivity contribution < 1.29 is 9.59 Å². The largest absolute Gasteiger partial charge is 0.309 e. The van der Waals surface area contributed by atoms with Gasteiger partial charge in [-0.3, -0.25) is 9.59 Å². The molecule has 8 aromatic rings. The van der Waals surface area contributed by atoms with Crippen LogP contribution in [0.5, 0.6) is 0 Å². The van der Waals surface area contributed by atoms with Crippen molar-refractivity contribution in [3.63, 3.8) is 0 Å². The number of hydrogen-bond acceptors (Lipinski definition) is 3. The lowest BCUT2D eigenvalue weighted by atomic mass is 10.1. The number of nitriles is 1. The van der Waals surface area contributed by atoms with Gasteiger partial charge in [0.25, 0.3) is 11.8 Å². The minimum Gasteiger partial charge on any atom is -0.309 e.